The van der Waals surface area contributed by atoms with Gasteiger partial charge in [-0.3, -0.25) is 4.79 Å². The molecule has 18 heavy (non-hydrogen) atoms. The quantitative estimate of drug-likeness (QED) is 0.537. The normalized spacial score (nSPS) is 20.3. The van der Waals surface area contributed by atoms with E-state index in [-0.39, 0.29) is 18.4 Å². The lowest BCUT2D eigenvalue weighted by Crippen LogP contribution is -2.49. The summed E-state index contributed by atoms with van der Waals surface area (Å²) >= 11 is 0. The third-order valence-corrected chi connectivity index (χ3v) is 2.79. The van der Waals surface area contributed by atoms with E-state index in [2.05, 4.69) is 10.1 Å². The number of aliphatic hydroxyl groups is 1. The van der Waals surface area contributed by atoms with E-state index in [0.717, 1.165) is 0 Å². The van der Waals surface area contributed by atoms with E-state index in [9.17, 15) is 14.4 Å². The first-order valence-corrected chi connectivity index (χ1v) is 5.46. The maximum atomic E-state index is 11.7. The van der Waals surface area contributed by atoms with Gasteiger partial charge in [0.25, 0.3) is 0 Å². The summed E-state index contributed by atoms with van der Waals surface area (Å²) in [7, 11) is 1.28. The molecule has 1 rings (SSSR count). The number of carbonyl (C=O) groups is 3. The number of aliphatic hydroxyl groups excluding tert-OH is 1. The molecule has 3 N–H and O–H groups in total. The molecule has 1 fully saturated rings. The maximum absolute atomic E-state index is 11.7. The first-order valence-electron chi connectivity index (χ1n) is 5.46. The smallest absolute Gasteiger partial charge is 0.328 e. The van der Waals surface area contributed by atoms with Crippen LogP contribution in [0.1, 0.15) is 6.42 Å². The van der Waals surface area contributed by atoms with Crippen LogP contribution in [-0.2, 0) is 14.3 Å². The van der Waals surface area contributed by atoms with Gasteiger partial charge >= 0.3 is 18.0 Å². The Kier molecular flexibility index (Phi) is 4.90. The lowest BCUT2D eigenvalue weighted by atomic mass is 10.1. The van der Waals surface area contributed by atoms with Gasteiger partial charge < -0.3 is 25.2 Å². The highest BCUT2D eigenvalue weighted by molar-refractivity contribution is 5.83. The van der Waals surface area contributed by atoms with Crippen molar-refractivity contribution in [3.05, 3.63) is 0 Å². The molecule has 2 amide bonds. The van der Waals surface area contributed by atoms with Crippen molar-refractivity contribution in [1.82, 2.24) is 10.2 Å². The monoisotopic (exact) mass is 260 g/mol. The van der Waals surface area contributed by atoms with Gasteiger partial charge in [0.05, 0.1) is 19.6 Å². The van der Waals surface area contributed by atoms with Crippen LogP contribution < -0.4 is 5.32 Å². The van der Waals surface area contributed by atoms with Crippen LogP contribution in [0.5, 0.6) is 0 Å². The van der Waals surface area contributed by atoms with E-state index in [0.29, 0.717) is 13.0 Å². The number of carboxylic acid groups (broad SMARTS) is 1. The topological polar surface area (TPSA) is 116 Å². The summed E-state index contributed by atoms with van der Waals surface area (Å²) in [5.74, 6) is -2.07. The Morgan fingerprint density at radius 1 is 1.50 bits per heavy atom. The Labute approximate surface area is 104 Å². The summed E-state index contributed by atoms with van der Waals surface area (Å²) in [6.45, 7) is -0.144. The van der Waals surface area contributed by atoms with E-state index in [1.165, 1.54) is 12.0 Å². The summed E-state index contributed by atoms with van der Waals surface area (Å²) < 4.78 is 4.57. The molecular weight excluding hydrogens is 244 g/mol. The van der Waals surface area contributed by atoms with Gasteiger partial charge in [-0.25, -0.2) is 9.59 Å². The minimum absolute atomic E-state index is 0.191. The van der Waals surface area contributed by atoms with Gasteiger partial charge in [-0.2, -0.15) is 0 Å². The molecule has 1 saturated heterocycles. The van der Waals surface area contributed by atoms with E-state index >= 15 is 0 Å². The van der Waals surface area contributed by atoms with Crippen LogP contribution in [0.15, 0.2) is 0 Å². The molecule has 0 aliphatic carbocycles. The molecule has 1 aliphatic rings. The highest BCUT2D eigenvalue weighted by atomic mass is 16.5. The maximum Gasteiger partial charge on any atom is 0.328 e. The molecule has 0 radical (unpaired) electrons. The number of methoxy groups -OCH3 is 1. The second-order valence-electron chi connectivity index (χ2n) is 3.98. The highest BCUT2D eigenvalue weighted by Crippen LogP contribution is 2.17. The van der Waals surface area contributed by atoms with E-state index < -0.39 is 24.6 Å². The SMILES string of the molecule is COC(=O)C1CCN(C(=O)NC(CO)C(=O)O)C1. The fourth-order valence-corrected chi connectivity index (χ4v) is 1.73. The summed E-state index contributed by atoms with van der Waals surface area (Å²) in [5, 5.41) is 19.6. The number of hydrogen-bond acceptors (Lipinski definition) is 5. The number of ether oxygens (including phenoxy) is 1. The molecule has 2 atom stereocenters. The lowest BCUT2D eigenvalue weighted by Gasteiger charge is -2.19. The van der Waals surface area contributed by atoms with Gasteiger partial charge in [-0.1, -0.05) is 0 Å². The van der Waals surface area contributed by atoms with Crippen LogP contribution in [0.4, 0.5) is 4.79 Å². The minimum atomic E-state index is -1.34. The first kappa shape index (κ1) is 14.2. The molecule has 0 spiro atoms. The predicted octanol–water partition coefficient (Wildman–Crippen LogP) is -1.36. The van der Waals surface area contributed by atoms with Gasteiger partial charge in [0.15, 0.2) is 6.04 Å². The minimum Gasteiger partial charge on any atom is -0.480 e. The van der Waals surface area contributed by atoms with Crippen molar-refractivity contribution >= 4 is 18.0 Å². The molecule has 0 aromatic heterocycles. The predicted molar refractivity (Wildman–Crippen MR) is 58.7 cm³/mol. The molecule has 102 valence electrons. The van der Waals surface area contributed by atoms with E-state index in [1.807, 2.05) is 0 Å². The van der Waals surface area contributed by atoms with Crippen molar-refractivity contribution < 1.29 is 29.3 Å². The molecule has 0 aromatic rings. The average molecular weight is 260 g/mol. The van der Waals surface area contributed by atoms with Gasteiger partial charge in [-0.15, -0.1) is 0 Å². The van der Waals surface area contributed by atoms with E-state index in [4.69, 9.17) is 10.2 Å². The van der Waals surface area contributed by atoms with Crippen LogP contribution in [0.3, 0.4) is 0 Å². The Bertz CT molecular complexity index is 345. The third kappa shape index (κ3) is 3.33. The lowest BCUT2D eigenvalue weighted by molar-refractivity contribution is -0.145. The largest absolute Gasteiger partial charge is 0.480 e. The number of hydrogen-bond donors (Lipinski definition) is 3. The number of carbonyl (C=O) groups excluding carboxylic acids is 2. The van der Waals surface area contributed by atoms with Crippen molar-refractivity contribution in [3.63, 3.8) is 0 Å². The molecule has 0 aromatic carbocycles. The molecule has 0 bridgehead atoms. The number of amides is 2. The van der Waals surface area contributed by atoms with Crippen LogP contribution >= 0.6 is 0 Å². The second kappa shape index (κ2) is 6.20. The second-order valence-corrected chi connectivity index (χ2v) is 3.98. The van der Waals surface area contributed by atoms with Crippen molar-refractivity contribution in [3.8, 4) is 0 Å². The molecule has 8 nitrogen and oxygen atoms in total. The number of nitrogens with zero attached hydrogens (tertiary/aromatic N) is 1. The van der Waals surface area contributed by atoms with Crippen LogP contribution in [0.2, 0.25) is 0 Å². The summed E-state index contributed by atoms with van der Waals surface area (Å²) in [4.78, 5) is 34.9. The zero-order valence-electron chi connectivity index (χ0n) is 9.96. The number of urea groups is 1. The van der Waals surface area contributed by atoms with Crippen LogP contribution in [0, 0.1) is 5.92 Å². The number of aliphatic carboxylic acids is 1. The Morgan fingerprint density at radius 2 is 2.17 bits per heavy atom. The molecule has 2 unspecified atom stereocenters. The number of nitrogens with one attached hydrogen (secondary N) is 1. The van der Waals surface area contributed by atoms with E-state index in [1.54, 1.807) is 0 Å². The Balaban J connectivity index is 2.49. The number of esters is 1. The molecule has 1 heterocycles. The zero-order chi connectivity index (χ0) is 13.7. The van der Waals surface area contributed by atoms with Crippen LogP contribution in [0.25, 0.3) is 0 Å². The third-order valence-electron chi connectivity index (χ3n) is 2.79. The highest BCUT2D eigenvalue weighted by Gasteiger charge is 2.33. The van der Waals surface area contributed by atoms with Gasteiger partial charge in [0.2, 0.25) is 0 Å². The number of likely N-dealkylation sites (tertiary alicyclic amines) is 1. The van der Waals surface area contributed by atoms with Crippen molar-refractivity contribution in [1.29, 1.82) is 0 Å². The molecule has 1 aliphatic heterocycles. The van der Waals surface area contributed by atoms with Crippen molar-refractivity contribution in [2.24, 2.45) is 5.92 Å². The average Bonchev–Trinajstić information content (AvgIpc) is 2.83. The van der Waals surface area contributed by atoms with Gasteiger partial charge in [-0.05, 0) is 6.42 Å². The summed E-state index contributed by atoms with van der Waals surface area (Å²) in [6.07, 6.45) is 0.483. The fourth-order valence-electron chi connectivity index (χ4n) is 1.73. The standard InChI is InChI=1S/C10H16N2O6/c1-18-9(16)6-2-3-12(4-6)10(17)11-7(5-13)8(14)15/h6-7,13H,2-5H2,1H3,(H,11,17)(H,14,15). The van der Waals surface area contributed by atoms with Gasteiger partial charge in [0, 0.05) is 13.1 Å². The molecular formula is C10H16N2O6. The zero-order valence-corrected chi connectivity index (χ0v) is 9.96. The Morgan fingerprint density at radius 3 is 2.67 bits per heavy atom. The molecule has 8 heteroatoms. The molecule has 0 saturated carbocycles. The summed E-state index contributed by atoms with van der Waals surface area (Å²) in [6, 6.07) is -1.95. The first-order chi connectivity index (χ1) is 8.49. The van der Waals surface area contributed by atoms with Crippen molar-refractivity contribution in [2.45, 2.75) is 12.5 Å². The van der Waals surface area contributed by atoms with Crippen LogP contribution in [-0.4, -0.2) is 65.9 Å². The van der Waals surface area contributed by atoms with Gasteiger partial charge in [0.1, 0.15) is 0 Å². The number of rotatable bonds is 4. The number of carboxylic acids is 1. The van der Waals surface area contributed by atoms with Crippen molar-refractivity contribution in [2.75, 3.05) is 26.8 Å². The summed E-state index contributed by atoms with van der Waals surface area (Å²) in [5.41, 5.74) is 0. The Hall–Kier alpha value is -1.83. The fraction of sp³-hybridized carbons (Fsp3) is 0.700.